The first kappa shape index (κ1) is 10.3. The number of rotatable bonds is 2. The van der Waals surface area contributed by atoms with Gasteiger partial charge in [-0.15, -0.1) is 0 Å². The molecular formula is C14H19N. The topological polar surface area (TPSA) is 3.24 Å². The molecule has 0 spiro atoms. The van der Waals surface area contributed by atoms with Gasteiger partial charge in [-0.3, -0.25) is 0 Å². The molecule has 1 aromatic carbocycles. The van der Waals surface area contributed by atoms with Gasteiger partial charge in [-0.1, -0.05) is 38.1 Å². The summed E-state index contributed by atoms with van der Waals surface area (Å²) < 4.78 is 0. The quantitative estimate of drug-likeness (QED) is 0.701. The Balaban J connectivity index is 2.38. The molecule has 80 valence electrons. The van der Waals surface area contributed by atoms with Crippen LogP contribution in [0.15, 0.2) is 36.5 Å². The summed E-state index contributed by atoms with van der Waals surface area (Å²) in [6.07, 6.45) is 5.55. The Morgan fingerprint density at radius 3 is 2.73 bits per heavy atom. The number of fused-ring (bicyclic) bond motifs is 1. The van der Waals surface area contributed by atoms with Gasteiger partial charge in [0.2, 0.25) is 0 Å². The number of anilines is 1. The minimum atomic E-state index is 0.574. The number of hydrogen-bond acceptors (Lipinski definition) is 1. The lowest BCUT2D eigenvalue weighted by Crippen LogP contribution is -2.25. The number of nitrogens with zero attached hydrogens (tertiary/aromatic N) is 1. The molecule has 1 aliphatic rings. The van der Waals surface area contributed by atoms with Crippen molar-refractivity contribution >= 4 is 5.69 Å². The Labute approximate surface area is 92.4 Å². The molecule has 0 aliphatic carbocycles. The van der Waals surface area contributed by atoms with Gasteiger partial charge in [0.05, 0.1) is 0 Å². The van der Waals surface area contributed by atoms with E-state index in [1.807, 2.05) is 0 Å². The van der Waals surface area contributed by atoms with Crippen molar-refractivity contribution in [2.24, 2.45) is 0 Å². The summed E-state index contributed by atoms with van der Waals surface area (Å²) >= 11 is 0. The van der Waals surface area contributed by atoms with Crippen molar-refractivity contribution in [1.29, 1.82) is 0 Å². The van der Waals surface area contributed by atoms with Gasteiger partial charge in [-0.05, 0) is 25.0 Å². The van der Waals surface area contributed by atoms with Crippen LogP contribution in [-0.4, -0.2) is 6.04 Å². The maximum absolute atomic E-state index is 2.39. The molecule has 1 aromatic rings. The first-order chi connectivity index (χ1) is 7.25. The van der Waals surface area contributed by atoms with E-state index in [9.17, 15) is 0 Å². The fraction of sp³-hybridized carbons (Fsp3) is 0.429. The Morgan fingerprint density at radius 2 is 2.00 bits per heavy atom. The highest BCUT2D eigenvalue weighted by atomic mass is 15.2. The van der Waals surface area contributed by atoms with E-state index in [4.69, 9.17) is 0 Å². The van der Waals surface area contributed by atoms with Crippen molar-refractivity contribution in [2.75, 3.05) is 4.90 Å². The lowest BCUT2D eigenvalue weighted by molar-refractivity contribution is 0.638. The Kier molecular flexibility index (Phi) is 2.81. The molecule has 0 saturated heterocycles. The summed E-state index contributed by atoms with van der Waals surface area (Å²) in [5, 5.41) is 0. The average Bonchev–Trinajstić information content (AvgIpc) is 2.51. The summed E-state index contributed by atoms with van der Waals surface area (Å²) in [7, 11) is 0. The molecule has 2 atom stereocenters. The zero-order valence-corrected chi connectivity index (χ0v) is 9.77. The van der Waals surface area contributed by atoms with Crippen LogP contribution in [0.5, 0.6) is 0 Å². The first-order valence-electron chi connectivity index (χ1n) is 5.79. The molecule has 15 heavy (non-hydrogen) atoms. The van der Waals surface area contributed by atoms with Gasteiger partial charge in [0.1, 0.15) is 0 Å². The van der Waals surface area contributed by atoms with Crippen molar-refractivity contribution in [3.63, 3.8) is 0 Å². The van der Waals surface area contributed by atoms with Gasteiger partial charge in [0, 0.05) is 23.8 Å². The molecule has 0 fully saturated rings. The maximum Gasteiger partial charge on any atom is 0.0444 e. The monoisotopic (exact) mass is 201 g/mol. The van der Waals surface area contributed by atoms with Crippen LogP contribution in [0.2, 0.25) is 0 Å². The molecule has 0 amide bonds. The molecule has 0 N–H and O–H groups in total. The summed E-state index contributed by atoms with van der Waals surface area (Å²) in [5.41, 5.74) is 2.85. The molecule has 1 aliphatic heterocycles. The smallest absolute Gasteiger partial charge is 0.0444 e. The lowest BCUT2D eigenvalue weighted by atomic mass is 9.99. The molecule has 0 saturated carbocycles. The van der Waals surface area contributed by atoms with E-state index in [0.717, 1.165) is 6.42 Å². The molecule has 0 bridgehead atoms. The second-order valence-corrected chi connectivity index (χ2v) is 4.29. The lowest BCUT2D eigenvalue weighted by Gasteiger charge is -2.22. The summed E-state index contributed by atoms with van der Waals surface area (Å²) in [6, 6.07) is 9.29. The largest absolute Gasteiger partial charge is 0.345 e. The Morgan fingerprint density at radius 1 is 1.27 bits per heavy atom. The first-order valence-corrected chi connectivity index (χ1v) is 5.79. The van der Waals surface area contributed by atoms with Crippen LogP contribution in [0.3, 0.4) is 0 Å². The van der Waals surface area contributed by atoms with E-state index < -0.39 is 0 Å². The van der Waals surface area contributed by atoms with E-state index >= 15 is 0 Å². The maximum atomic E-state index is 2.39. The van der Waals surface area contributed by atoms with Crippen LogP contribution < -0.4 is 4.90 Å². The van der Waals surface area contributed by atoms with Gasteiger partial charge >= 0.3 is 0 Å². The zero-order chi connectivity index (χ0) is 10.8. The van der Waals surface area contributed by atoms with Gasteiger partial charge in [0.25, 0.3) is 0 Å². The fourth-order valence-corrected chi connectivity index (χ4v) is 2.26. The van der Waals surface area contributed by atoms with Crippen LogP contribution in [0.1, 0.15) is 38.7 Å². The number of benzene rings is 1. The number of para-hydroxylation sites is 1. The number of hydrogen-bond donors (Lipinski definition) is 0. The van der Waals surface area contributed by atoms with E-state index in [0.29, 0.717) is 12.0 Å². The van der Waals surface area contributed by atoms with Crippen molar-refractivity contribution in [2.45, 2.75) is 39.2 Å². The predicted octanol–water partition coefficient (Wildman–Crippen LogP) is 3.92. The summed E-state index contributed by atoms with van der Waals surface area (Å²) in [4.78, 5) is 2.39. The highest BCUT2D eigenvalue weighted by Gasteiger charge is 2.30. The highest BCUT2D eigenvalue weighted by molar-refractivity contribution is 5.63. The second-order valence-electron chi connectivity index (χ2n) is 4.29. The molecule has 0 aromatic heterocycles. The van der Waals surface area contributed by atoms with Gasteiger partial charge in [0.15, 0.2) is 0 Å². The SMILES string of the molecule is CC/C=C\N1c2ccccc2C(C)C1C. The minimum absolute atomic E-state index is 0.574. The van der Waals surface area contributed by atoms with Crippen molar-refractivity contribution in [3.8, 4) is 0 Å². The number of allylic oxidation sites excluding steroid dienone is 1. The van der Waals surface area contributed by atoms with Crippen LogP contribution in [0.4, 0.5) is 5.69 Å². The molecule has 2 unspecified atom stereocenters. The minimum Gasteiger partial charge on any atom is -0.345 e. The van der Waals surface area contributed by atoms with Gasteiger partial charge in [-0.2, -0.15) is 0 Å². The van der Waals surface area contributed by atoms with Crippen molar-refractivity contribution in [1.82, 2.24) is 0 Å². The summed E-state index contributed by atoms with van der Waals surface area (Å²) in [6.45, 7) is 6.78. The van der Waals surface area contributed by atoms with Crippen LogP contribution in [0, 0.1) is 0 Å². The van der Waals surface area contributed by atoms with E-state index in [-0.39, 0.29) is 0 Å². The molecule has 2 rings (SSSR count). The van der Waals surface area contributed by atoms with Crippen LogP contribution in [0.25, 0.3) is 0 Å². The van der Waals surface area contributed by atoms with Crippen LogP contribution in [-0.2, 0) is 0 Å². The van der Waals surface area contributed by atoms with Gasteiger partial charge in [-0.25, -0.2) is 0 Å². The van der Waals surface area contributed by atoms with E-state index in [2.05, 4.69) is 62.2 Å². The third-order valence-electron chi connectivity index (χ3n) is 3.37. The van der Waals surface area contributed by atoms with E-state index in [1.54, 1.807) is 0 Å². The van der Waals surface area contributed by atoms with Crippen molar-refractivity contribution in [3.05, 3.63) is 42.1 Å². The molecule has 1 heteroatoms. The average molecular weight is 201 g/mol. The highest BCUT2D eigenvalue weighted by Crippen LogP contribution is 2.40. The molecule has 0 radical (unpaired) electrons. The third-order valence-corrected chi connectivity index (χ3v) is 3.37. The Hall–Kier alpha value is -1.24. The summed E-state index contributed by atoms with van der Waals surface area (Å²) in [5.74, 6) is 0.628. The molecule has 1 nitrogen and oxygen atoms in total. The second kappa shape index (κ2) is 4.09. The molecule has 1 heterocycles. The van der Waals surface area contributed by atoms with Gasteiger partial charge < -0.3 is 4.90 Å². The fourth-order valence-electron chi connectivity index (χ4n) is 2.26. The standard InChI is InChI=1S/C14H19N/c1-4-5-10-15-12(3)11(2)13-8-6-7-9-14(13)15/h5-12H,4H2,1-3H3/b10-5-. The molecular weight excluding hydrogens is 182 g/mol. The van der Waals surface area contributed by atoms with E-state index in [1.165, 1.54) is 11.3 Å². The Bertz CT molecular complexity index is 367. The van der Waals surface area contributed by atoms with Crippen LogP contribution >= 0.6 is 0 Å². The predicted molar refractivity (Wildman–Crippen MR) is 66.2 cm³/mol. The normalized spacial score (nSPS) is 24.9. The zero-order valence-electron chi connectivity index (χ0n) is 9.77. The van der Waals surface area contributed by atoms with Crippen molar-refractivity contribution < 1.29 is 0 Å². The third kappa shape index (κ3) is 1.67.